The molecule has 1 N–H and O–H groups in total. The number of aryl methyl sites for hydroxylation is 1. The summed E-state index contributed by atoms with van der Waals surface area (Å²) < 4.78 is 10.5. The molecule has 1 aliphatic heterocycles. The van der Waals surface area contributed by atoms with E-state index in [1.807, 2.05) is 6.92 Å². The van der Waals surface area contributed by atoms with Crippen molar-refractivity contribution in [3.05, 3.63) is 11.7 Å². The summed E-state index contributed by atoms with van der Waals surface area (Å²) in [6.45, 7) is 4.61. The van der Waals surface area contributed by atoms with E-state index in [9.17, 15) is 0 Å². The van der Waals surface area contributed by atoms with Crippen LogP contribution in [0.2, 0.25) is 0 Å². The Balaban J connectivity index is 2.18. The van der Waals surface area contributed by atoms with Gasteiger partial charge in [-0.3, -0.25) is 0 Å². The van der Waals surface area contributed by atoms with E-state index in [-0.39, 0.29) is 5.41 Å². The quantitative estimate of drug-likeness (QED) is 0.829. The molecule has 1 fully saturated rings. The van der Waals surface area contributed by atoms with E-state index in [2.05, 4.69) is 15.5 Å². The van der Waals surface area contributed by atoms with Crippen LogP contribution < -0.4 is 5.32 Å². The Morgan fingerprint density at radius 3 is 2.75 bits per heavy atom. The lowest BCUT2D eigenvalue weighted by atomic mass is 9.76. The van der Waals surface area contributed by atoms with Gasteiger partial charge in [-0.15, -0.1) is 0 Å². The summed E-state index contributed by atoms with van der Waals surface area (Å²) in [5.74, 6) is 1.49. The van der Waals surface area contributed by atoms with Gasteiger partial charge in [0.05, 0.1) is 5.41 Å². The van der Waals surface area contributed by atoms with Crippen LogP contribution in [0.3, 0.4) is 0 Å². The second-order valence-electron chi connectivity index (χ2n) is 4.42. The van der Waals surface area contributed by atoms with E-state index in [0.29, 0.717) is 5.82 Å². The highest BCUT2D eigenvalue weighted by atomic mass is 16.5. The molecule has 1 aromatic rings. The molecule has 0 aliphatic carbocycles. The molecular weight excluding hydrogens is 206 g/mol. The minimum Gasteiger partial charge on any atom is -0.385 e. The number of hydrogen-bond donors (Lipinski definition) is 1. The first-order valence-corrected chi connectivity index (χ1v) is 5.77. The normalized spacial score (nSPS) is 19.9. The van der Waals surface area contributed by atoms with Crippen LogP contribution in [0.1, 0.15) is 31.0 Å². The summed E-state index contributed by atoms with van der Waals surface area (Å²) in [4.78, 5) is 4.40. The number of rotatable bonds is 4. The third-order valence-electron chi connectivity index (χ3n) is 3.33. The minimum absolute atomic E-state index is 0.0164. The van der Waals surface area contributed by atoms with Gasteiger partial charge in [0.2, 0.25) is 5.89 Å². The predicted octanol–water partition coefficient (Wildman–Crippen LogP) is 1.04. The number of ether oxygens (including phenoxy) is 1. The number of nitrogens with one attached hydrogen (secondary N) is 1. The number of hydrogen-bond acceptors (Lipinski definition) is 5. The Bertz CT molecular complexity index is 332. The van der Waals surface area contributed by atoms with Crippen molar-refractivity contribution >= 4 is 0 Å². The highest BCUT2D eigenvalue weighted by Crippen LogP contribution is 2.35. The third kappa shape index (κ3) is 2.25. The maximum atomic E-state index is 5.36. The van der Waals surface area contributed by atoms with Crippen LogP contribution in [-0.4, -0.2) is 36.9 Å². The zero-order valence-electron chi connectivity index (χ0n) is 9.95. The molecule has 2 rings (SSSR count). The van der Waals surface area contributed by atoms with Gasteiger partial charge in [0.15, 0.2) is 5.82 Å². The maximum absolute atomic E-state index is 5.36. The highest BCUT2D eigenvalue weighted by Gasteiger charge is 2.38. The summed E-state index contributed by atoms with van der Waals surface area (Å²) in [6.07, 6.45) is 3.03. The Labute approximate surface area is 95.6 Å². The number of aromatic nitrogens is 2. The van der Waals surface area contributed by atoms with Crippen LogP contribution in [0.15, 0.2) is 4.52 Å². The lowest BCUT2D eigenvalue weighted by Crippen LogP contribution is -2.41. The third-order valence-corrected chi connectivity index (χ3v) is 3.33. The fourth-order valence-corrected chi connectivity index (χ4v) is 2.29. The monoisotopic (exact) mass is 225 g/mol. The van der Waals surface area contributed by atoms with Crippen LogP contribution in [0.4, 0.5) is 0 Å². The first kappa shape index (κ1) is 11.5. The van der Waals surface area contributed by atoms with E-state index >= 15 is 0 Å². The van der Waals surface area contributed by atoms with Crippen LogP contribution in [0.25, 0.3) is 0 Å². The van der Waals surface area contributed by atoms with E-state index in [1.165, 1.54) is 0 Å². The Morgan fingerprint density at radius 1 is 1.44 bits per heavy atom. The summed E-state index contributed by atoms with van der Waals surface area (Å²) in [7, 11) is 1.73. The Kier molecular flexibility index (Phi) is 3.56. The molecule has 5 nitrogen and oxygen atoms in total. The van der Waals surface area contributed by atoms with Crippen molar-refractivity contribution in [2.75, 3.05) is 26.8 Å². The average molecular weight is 225 g/mol. The topological polar surface area (TPSA) is 60.2 Å². The minimum atomic E-state index is 0.0164. The smallest absolute Gasteiger partial charge is 0.233 e. The van der Waals surface area contributed by atoms with Gasteiger partial charge in [-0.05, 0) is 39.3 Å². The summed E-state index contributed by atoms with van der Waals surface area (Å²) in [5, 5.41) is 7.26. The van der Waals surface area contributed by atoms with Gasteiger partial charge in [-0.25, -0.2) is 0 Å². The standard InChI is InChI=1S/C11H19N3O2/c1-9-13-10(16-14-9)11(5-8-15-2)3-6-12-7-4-11/h12H,3-8H2,1-2H3. The molecule has 16 heavy (non-hydrogen) atoms. The van der Waals surface area contributed by atoms with Gasteiger partial charge in [-0.1, -0.05) is 5.16 Å². The summed E-state index contributed by atoms with van der Waals surface area (Å²) in [5.41, 5.74) is 0.0164. The molecule has 2 heterocycles. The molecule has 0 bridgehead atoms. The molecule has 5 heteroatoms. The van der Waals surface area contributed by atoms with Crippen LogP contribution >= 0.6 is 0 Å². The number of nitrogens with zero attached hydrogens (tertiary/aromatic N) is 2. The SMILES string of the molecule is COCCC1(c2nc(C)no2)CCNCC1. The van der Waals surface area contributed by atoms with Gasteiger partial charge in [-0.2, -0.15) is 4.98 Å². The van der Waals surface area contributed by atoms with Gasteiger partial charge in [0.1, 0.15) is 0 Å². The predicted molar refractivity (Wildman–Crippen MR) is 59.3 cm³/mol. The molecule has 0 radical (unpaired) electrons. The first-order valence-electron chi connectivity index (χ1n) is 5.77. The van der Waals surface area contributed by atoms with Crippen LogP contribution in [0.5, 0.6) is 0 Å². The second kappa shape index (κ2) is 4.93. The molecule has 0 spiro atoms. The molecule has 0 saturated carbocycles. The maximum Gasteiger partial charge on any atom is 0.233 e. The molecule has 1 saturated heterocycles. The van der Waals surface area contributed by atoms with E-state index in [1.54, 1.807) is 7.11 Å². The molecular formula is C11H19N3O2. The van der Waals surface area contributed by atoms with Gasteiger partial charge < -0.3 is 14.6 Å². The van der Waals surface area contributed by atoms with Crippen molar-refractivity contribution in [3.8, 4) is 0 Å². The summed E-state index contributed by atoms with van der Waals surface area (Å²) >= 11 is 0. The van der Waals surface area contributed by atoms with Crippen molar-refractivity contribution in [2.24, 2.45) is 0 Å². The van der Waals surface area contributed by atoms with Gasteiger partial charge in [0.25, 0.3) is 0 Å². The molecule has 1 aliphatic rings. The molecule has 0 atom stereocenters. The van der Waals surface area contributed by atoms with E-state index < -0.39 is 0 Å². The van der Waals surface area contributed by atoms with Gasteiger partial charge >= 0.3 is 0 Å². The Morgan fingerprint density at radius 2 is 2.19 bits per heavy atom. The number of methoxy groups -OCH3 is 1. The summed E-state index contributed by atoms with van der Waals surface area (Å²) in [6, 6.07) is 0. The highest BCUT2D eigenvalue weighted by molar-refractivity contribution is 5.07. The van der Waals surface area contributed by atoms with E-state index in [0.717, 1.165) is 44.8 Å². The van der Waals surface area contributed by atoms with Crippen LogP contribution in [0, 0.1) is 6.92 Å². The average Bonchev–Trinajstić information content (AvgIpc) is 2.75. The second-order valence-corrected chi connectivity index (χ2v) is 4.42. The molecule has 90 valence electrons. The molecule has 1 aromatic heterocycles. The Hall–Kier alpha value is -0.940. The molecule has 0 amide bonds. The van der Waals surface area contributed by atoms with Crippen molar-refractivity contribution in [1.82, 2.24) is 15.5 Å². The zero-order valence-corrected chi connectivity index (χ0v) is 9.95. The fourth-order valence-electron chi connectivity index (χ4n) is 2.29. The van der Waals surface area contributed by atoms with Crippen molar-refractivity contribution in [1.29, 1.82) is 0 Å². The van der Waals surface area contributed by atoms with Crippen molar-refractivity contribution in [2.45, 2.75) is 31.6 Å². The lowest BCUT2D eigenvalue weighted by molar-refractivity contribution is 0.131. The van der Waals surface area contributed by atoms with Crippen LogP contribution in [-0.2, 0) is 10.2 Å². The van der Waals surface area contributed by atoms with Gasteiger partial charge in [0, 0.05) is 13.7 Å². The van der Waals surface area contributed by atoms with Crippen molar-refractivity contribution in [3.63, 3.8) is 0 Å². The first-order chi connectivity index (χ1) is 7.77. The zero-order chi connectivity index (χ0) is 11.4. The lowest BCUT2D eigenvalue weighted by Gasteiger charge is -2.34. The molecule has 0 aromatic carbocycles. The largest absolute Gasteiger partial charge is 0.385 e. The fraction of sp³-hybridized carbons (Fsp3) is 0.818. The number of piperidine rings is 1. The van der Waals surface area contributed by atoms with E-state index in [4.69, 9.17) is 9.26 Å². The van der Waals surface area contributed by atoms with Crippen molar-refractivity contribution < 1.29 is 9.26 Å². The molecule has 0 unspecified atom stereocenters.